The molecule has 6 nitrogen and oxygen atoms in total. The van der Waals surface area contributed by atoms with E-state index in [1.165, 1.54) is 11.8 Å². The third-order valence-corrected chi connectivity index (χ3v) is 4.85. The summed E-state index contributed by atoms with van der Waals surface area (Å²) in [6, 6.07) is 16.6. The summed E-state index contributed by atoms with van der Waals surface area (Å²) in [6.07, 6.45) is 7.05. The van der Waals surface area contributed by atoms with Gasteiger partial charge in [0.05, 0.1) is 18.2 Å². The molecular weight excluding hydrogens is 374 g/mol. The van der Waals surface area contributed by atoms with Gasteiger partial charge in [-0.25, -0.2) is 10.1 Å². The van der Waals surface area contributed by atoms with E-state index in [1.54, 1.807) is 6.20 Å². The van der Waals surface area contributed by atoms with Gasteiger partial charge in [0.1, 0.15) is 5.02 Å². The zero-order chi connectivity index (χ0) is 19.3. The summed E-state index contributed by atoms with van der Waals surface area (Å²) in [7, 11) is 0. The summed E-state index contributed by atoms with van der Waals surface area (Å²) in [5.74, 6) is 0. The number of hydrogen-bond donors (Lipinski definition) is 2. The maximum atomic E-state index is 11.6. The number of aromatic nitrogens is 4. The van der Waals surface area contributed by atoms with Gasteiger partial charge in [-0.15, -0.1) is 0 Å². The Kier molecular flexibility index (Phi) is 5.21. The Morgan fingerprint density at radius 2 is 1.93 bits per heavy atom. The molecular formula is C21H18ClN5O. The molecule has 2 aromatic carbocycles. The number of H-pyrrole nitrogens is 1. The Hall–Kier alpha value is -3.38. The van der Waals surface area contributed by atoms with Crippen LogP contribution in [0.5, 0.6) is 0 Å². The Morgan fingerprint density at radius 1 is 1.11 bits per heavy atom. The van der Waals surface area contributed by atoms with E-state index < -0.39 is 5.56 Å². The maximum absolute atomic E-state index is 11.6. The van der Waals surface area contributed by atoms with Gasteiger partial charge in [-0.1, -0.05) is 60.1 Å². The van der Waals surface area contributed by atoms with Crippen LogP contribution >= 0.6 is 11.6 Å². The number of halogens is 1. The second kappa shape index (κ2) is 8.10. The van der Waals surface area contributed by atoms with Crippen molar-refractivity contribution in [2.24, 2.45) is 0 Å². The second-order valence-electron chi connectivity index (χ2n) is 6.37. The first-order chi connectivity index (χ1) is 13.7. The molecule has 0 amide bonds. The number of nitrogens with one attached hydrogen (secondary N) is 2. The van der Waals surface area contributed by atoms with Gasteiger partial charge in [-0.3, -0.25) is 4.79 Å². The standard InChI is InChI=1S/C21H18ClN5O/c22-20-19(12-25-26-21(20)28)24-11-17-3-1-2-4-18(17)16-7-5-15(6-8-16)13-27-10-9-23-14-27/h1-10,12,14H,11,13H2,(H2,24,26,28). The van der Waals surface area contributed by atoms with Crippen molar-refractivity contribution >= 4 is 17.3 Å². The first kappa shape index (κ1) is 18.0. The Morgan fingerprint density at radius 3 is 2.71 bits per heavy atom. The zero-order valence-corrected chi connectivity index (χ0v) is 15.7. The molecule has 0 fully saturated rings. The molecule has 4 aromatic rings. The van der Waals surface area contributed by atoms with Crippen LogP contribution in [0.3, 0.4) is 0 Å². The van der Waals surface area contributed by atoms with Crippen LogP contribution in [0.4, 0.5) is 5.69 Å². The fraction of sp³-hybridized carbons (Fsp3) is 0.0952. The maximum Gasteiger partial charge on any atom is 0.285 e. The molecule has 0 aliphatic rings. The minimum Gasteiger partial charge on any atom is -0.378 e. The molecule has 0 atom stereocenters. The van der Waals surface area contributed by atoms with Crippen molar-refractivity contribution in [2.75, 3.05) is 5.32 Å². The lowest BCUT2D eigenvalue weighted by atomic mass is 9.98. The van der Waals surface area contributed by atoms with E-state index in [4.69, 9.17) is 11.6 Å². The molecule has 0 bridgehead atoms. The van der Waals surface area contributed by atoms with E-state index >= 15 is 0 Å². The zero-order valence-electron chi connectivity index (χ0n) is 15.0. The van der Waals surface area contributed by atoms with Crippen LogP contribution in [0.25, 0.3) is 11.1 Å². The van der Waals surface area contributed by atoms with Gasteiger partial charge in [0.15, 0.2) is 0 Å². The number of hydrogen-bond acceptors (Lipinski definition) is 4. The molecule has 0 spiro atoms. The topological polar surface area (TPSA) is 75.6 Å². The van der Waals surface area contributed by atoms with Gasteiger partial charge in [0.2, 0.25) is 0 Å². The smallest absolute Gasteiger partial charge is 0.285 e. The summed E-state index contributed by atoms with van der Waals surface area (Å²) in [5.41, 5.74) is 4.66. The largest absolute Gasteiger partial charge is 0.378 e. The minimum atomic E-state index is -0.409. The highest BCUT2D eigenvalue weighted by Gasteiger charge is 2.08. The van der Waals surface area contributed by atoms with Crippen molar-refractivity contribution in [1.82, 2.24) is 19.7 Å². The molecule has 0 aliphatic carbocycles. The Balaban J connectivity index is 1.54. The van der Waals surface area contributed by atoms with Crippen LogP contribution < -0.4 is 10.9 Å². The lowest BCUT2D eigenvalue weighted by Gasteiger charge is -2.13. The molecule has 0 aliphatic heterocycles. The molecule has 0 saturated carbocycles. The molecule has 28 heavy (non-hydrogen) atoms. The lowest BCUT2D eigenvalue weighted by Crippen LogP contribution is -2.12. The van der Waals surface area contributed by atoms with Crippen LogP contribution in [0.1, 0.15) is 11.1 Å². The summed E-state index contributed by atoms with van der Waals surface area (Å²) in [4.78, 5) is 15.7. The number of nitrogens with zero attached hydrogens (tertiary/aromatic N) is 3. The van der Waals surface area contributed by atoms with Gasteiger partial charge in [-0.2, -0.15) is 5.10 Å². The van der Waals surface area contributed by atoms with Crippen molar-refractivity contribution in [2.45, 2.75) is 13.1 Å². The highest BCUT2D eigenvalue weighted by Crippen LogP contribution is 2.26. The summed E-state index contributed by atoms with van der Waals surface area (Å²) >= 11 is 6.04. The molecule has 0 saturated heterocycles. The summed E-state index contributed by atoms with van der Waals surface area (Å²) in [5, 5.41) is 9.40. The number of anilines is 1. The minimum absolute atomic E-state index is 0.108. The number of aromatic amines is 1. The molecule has 4 rings (SSSR count). The van der Waals surface area contributed by atoms with Gasteiger partial charge >= 0.3 is 0 Å². The van der Waals surface area contributed by atoms with E-state index in [2.05, 4.69) is 56.9 Å². The van der Waals surface area contributed by atoms with Gasteiger partial charge in [0.25, 0.3) is 5.56 Å². The average Bonchev–Trinajstić information content (AvgIpc) is 3.23. The molecule has 2 N–H and O–H groups in total. The van der Waals surface area contributed by atoms with Crippen LogP contribution in [0, 0.1) is 0 Å². The third-order valence-electron chi connectivity index (χ3n) is 4.47. The SMILES string of the molecule is O=c1[nH]ncc(NCc2ccccc2-c2ccc(Cn3ccnc3)cc2)c1Cl. The van der Waals surface area contributed by atoms with Gasteiger partial charge in [0, 0.05) is 25.5 Å². The first-order valence-corrected chi connectivity index (χ1v) is 9.18. The number of benzene rings is 2. The van der Waals surface area contributed by atoms with E-state index in [1.807, 2.05) is 29.2 Å². The predicted octanol–water partition coefficient (Wildman–Crippen LogP) is 3.95. The highest BCUT2D eigenvalue weighted by molar-refractivity contribution is 6.32. The van der Waals surface area contributed by atoms with E-state index in [0.29, 0.717) is 12.2 Å². The molecule has 0 radical (unpaired) electrons. The Labute approximate surface area is 166 Å². The fourth-order valence-electron chi connectivity index (χ4n) is 3.03. The van der Waals surface area contributed by atoms with Crippen molar-refractivity contribution in [1.29, 1.82) is 0 Å². The van der Waals surface area contributed by atoms with Gasteiger partial charge < -0.3 is 9.88 Å². The fourth-order valence-corrected chi connectivity index (χ4v) is 3.19. The van der Waals surface area contributed by atoms with Crippen molar-refractivity contribution < 1.29 is 0 Å². The highest BCUT2D eigenvalue weighted by atomic mass is 35.5. The summed E-state index contributed by atoms with van der Waals surface area (Å²) < 4.78 is 2.03. The monoisotopic (exact) mass is 391 g/mol. The molecule has 2 aromatic heterocycles. The quantitative estimate of drug-likeness (QED) is 0.522. The van der Waals surface area contributed by atoms with E-state index in [0.717, 1.165) is 23.2 Å². The molecule has 140 valence electrons. The van der Waals surface area contributed by atoms with E-state index in [9.17, 15) is 4.79 Å². The molecule has 2 heterocycles. The van der Waals surface area contributed by atoms with Crippen LogP contribution in [-0.2, 0) is 13.1 Å². The second-order valence-corrected chi connectivity index (χ2v) is 6.75. The first-order valence-electron chi connectivity index (χ1n) is 8.81. The molecule has 0 unspecified atom stereocenters. The average molecular weight is 392 g/mol. The summed E-state index contributed by atoms with van der Waals surface area (Å²) in [6.45, 7) is 1.31. The van der Waals surface area contributed by atoms with Crippen LogP contribution in [-0.4, -0.2) is 19.7 Å². The number of rotatable bonds is 6. The normalized spacial score (nSPS) is 10.8. The molecule has 7 heteroatoms. The van der Waals surface area contributed by atoms with E-state index in [-0.39, 0.29) is 5.02 Å². The Bertz CT molecular complexity index is 1120. The lowest BCUT2D eigenvalue weighted by molar-refractivity contribution is 0.797. The third kappa shape index (κ3) is 3.97. The van der Waals surface area contributed by atoms with Crippen molar-refractivity contribution in [3.05, 3.63) is 100.0 Å². The van der Waals surface area contributed by atoms with Crippen LogP contribution in [0.2, 0.25) is 5.02 Å². The number of imidazole rings is 1. The van der Waals surface area contributed by atoms with Crippen molar-refractivity contribution in [3.8, 4) is 11.1 Å². The van der Waals surface area contributed by atoms with Gasteiger partial charge in [-0.05, 0) is 22.3 Å². The predicted molar refractivity (Wildman–Crippen MR) is 110 cm³/mol. The van der Waals surface area contributed by atoms with Crippen molar-refractivity contribution in [3.63, 3.8) is 0 Å². The van der Waals surface area contributed by atoms with Crippen LogP contribution in [0.15, 0.2) is 78.2 Å².